The third-order valence-electron chi connectivity index (χ3n) is 3.83. The number of hydrogen-bond donors (Lipinski definition) is 0. The van der Waals surface area contributed by atoms with Gasteiger partial charge >= 0.3 is 0 Å². The maximum atomic E-state index is 12.4. The Kier molecular flexibility index (Phi) is 3.48. The topological polar surface area (TPSA) is 47.3 Å². The van der Waals surface area contributed by atoms with E-state index in [0.717, 1.165) is 12.2 Å². The Morgan fingerprint density at radius 1 is 1.37 bits per heavy atom. The summed E-state index contributed by atoms with van der Waals surface area (Å²) in [5.41, 5.74) is 0.760. The maximum Gasteiger partial charge on any atom is 0.246 e. The van der Waals surface area contributed by atoms with Gasteiger partial charge in [0, 0.05) is 19.3 Å². The molecule has 1 atom stereocenters. The van der Waals surface area contributed by atoms with Crippen LogP contribution in [0.4, 0.5) is 5.69 Å². The van der Waals surface area contributed by atoms with Crippen molar-refractivity contribution in [2.45, 2.75) is 31.8 Å². The highest BCUT2D eigenvalue weighted by Crippen LogP contribution is 2.29. The number of carbonyl (C=O) groups excluding carboxylic acids is 1. The molecule has 1 aromatic rings. The van der Waals surface area contributed by atoms with Crippen molar-refractivity contribution in [2.75, 3.05) is 18.5 Å². The number of nitrogens with zero attached hydrogens (tertiary/aromatic N) is 3. The molecular formula is C15H19N3O. The monoisotopic (exact) mass is 257 g/mol. The number of likely N-dealkylation sites (N-methyl/N-ethyl adjacent to an activating group) is 1. The molecule has 1 saturated heterocycles. The van der Waals surface area contributed by atoms with Crippen molar-refractivity contribution >= 4 is 11.6 Å². The van der Waals surface area contributed by atoms with Gasteiger partial charge in [-0.25, -0.2) is 0 Å². The van der Waals surface area contributed by atoms with Crippen LogP contribution in [0.5, 0.6) is 0 Å². The van der Waals surface area contributed by atoms with Gasteiger partial charge in [-0.1, -0.05) is 18.2 Å². The van der Waals surface area contributed by atoms with Crippen molar-refractivity contribution in [2.24, 2.45) is 0 Å². The first-order valence-corrected chi connectivity index (χ1v) is 6.43. The first kappa shape index (κ1) is 13.4. The lowest BCUT2D eigenvalue weighted by atomic mass is 9.94. The zero-order valence-electron chi connectivity index (χ0n) is 11.6. The van der Waals surface area contributed by atoms with Gasteiger partial charge in [-0.15, -0.1) is 0 Å². The normalized spacial score (nSPS) is 22.2. The average molecular weight is 257 g/mol. The highest BCUT2D eigenvalue weighted by Gasteiger charge is 2.42. The number of hydrogen-bond acceptors (Lipinski definition) is 3. The van der Waals surface area contributed by atoms with Crippen LogP contribution in [0.1, 0.15) is 20.3 Å². The van der Waals surface area contributed by atoms with Gasteiger partial charge in [0.15, 0.2) is 0 Å². The van der Waals surface area contributed by atoms with Gasteiger partial charge in [-0.3, -0.25) is 4.79 Å². The molecule has 0 aliphatic carbocycles. The van der Waals surface area contributed by atoms with Gasteiger partial charge in [0.05, 0.1) is 18.0 Å². The standard InChI is InChI=1S/C15H19N3O/c1-15(2)11-18(12-7-5-4-6-8-12)13(9-10-16)14(19)17(15)3/h4-8,13H,9,11H2,1-3H3. The summed E-state index contributed by atoms with van der Waals surface area (Å²) in [6.45, 7) is 4.82. The number of rotatable bonds is 2. The van der Waals surface area contributed by atoms with Crippen LogP contribution in [0.3, 0.4) is 0 Å². The quantitative estimate of drug-likeness (QED) is 0.814. The van der Waals surface area contributed by atoms with Crippen molar-refractivity contribution in [3.8, 4) is 6.07 Å². The number of nitriles is 1. The first-order valence-electron chi connectivity index (χ1n) is 6.43. The number of para-hydroxylation sites is 1. The van der Waals surface area contributed by atoms with Crippen molar-refractivity contribution in [1.82, 2.24) is 4.90 Å². The SMILES string of the molecule is CN1C(=O)C(CC#N)N(c2ccccc2)CC1(C)C. The lowest BCUT2D eigenvalue weighted by Gasteiger charge is -2.49. The molecule has 4 heteroatoms. The van der Waals surface area contributed by atoms with Crippen molar-refractivity contribution in [3.63, 3.8) is 0 Å². The fourth-order valence-corrected chi connectivity index (χ4v) is 2.46. The molecule has 0 spiro atoms. The number of amides is 1. The summed E-state index contributed by atoms with van der Waals surface area (Å²) in [5.74, 6) is 0.0154. The minimum Gasteiger partial charge on any atom is -0.356 e. The van der Waals surface area contributed by atoms with E-state index < -0.39 is 0 Å². The van der Waals surface area contributed by atoms with E-state index in [1.165, 1.54) is 0 Å². The summed E-state index contributed by atoms with van der Waals surface area (Å²) >= 11 is 0. The number of carbonyl (C=O) groups is 1. The summed E-state index contributed by atoms with van der Waals surface area (Å²) in [6, 6.07) is 11.6. The lowest BCUT2D eigenvalue weighted by Crippen LogP contribution is -2.65. The molecule has 0 saturated carbocycles. The fourth-order valence-electron chi connectivity index (χ4n) is 2.46. The molecule has 19 heavy (non-hydrogen) atoms. The van der Waals surface area contributed by atoms with Crippen molar-refractivity contribution in [1.29, 1.82) is 5.26 Å². The van der Waals surface area contributed by atoms with Crippen LogP contribution in [0, 0.1) is 11.3 Å². The molecule has 1 aliphatic rings. The predicted octanol–water partition coefficient (Wildman–Crippen LogP) is 2.03. The van der Waals surface area contributed by atoms with Gasteiger partial charge in [0.25, 0.3) is 0 Å². The molecule has 100 valence electrons. The van der Waals surface area contributed by atoms with Crippen LogP contribution in [0.2, 0.25) is 0 Å². The molecule has 1 fully saturated rings. The van der Waals surface area contributed by atoms with Gasteiger partial charge in [-0.05, 0) is 26.0 Å². The molecule has 2 rings (SSSR count). The van der Waals surface area contributed by atoms with Crippen molar-refractivity contribution in [3.05, 3.63) is 30.3 Å². The highest BCUT2D eigenvalue weighted by molar-refractivity contribution is 5.87. The summed E-state index contributed by atoms with van der Waals surface area (Å²) in [7, 11) is 1.81. The number of anilines is 1. The van der Waals surface area contributed by atoms with Crippen LogP contribution < -0.4 is 4.90 Å². The first-order chi connectivity index (χ1) is 8.97. The Balaban J connectivity index is 2.39. The predicted molar refractivity (Wildman–Crippen MR) is 74.7 cm³/mol. The van der Waals surface area contributed by atoms with E-state index in [0.29, 0.717) is 0 Å². The molecule has 1 heterocycles. The molecule has 1 aromatic carbocycles. The van der Waals surface area contributed by atoms with Crippen LogP contribution in [0.25, 0.3) is 0 Å². The Morgan fingerprint density at radius 2 is 2.00 bits per heavy atom. The lowest BCUT2D eigenvalue weighted by molar-refractivity contribution is -0.138. The van der Waals surface area contributed by atoms with Crippen molar-refractivity contribution < 1.29 is 4.79 Å². The zero-order valence-corrected chi connectivity index (χ0v) is 11.6. The molecule has 0 aromatic heterocycles. The molecule has 0 radical (unpaired) electrons. The molecular weight excluding hydrogens is 238 g/mol. The van der Waals surface area contributed by atoms with Crippen LogP contribution in [-0.2, 0) is 4.79 Å². The number of piperazine rings is 1. The van der Waals surface area contributed by atoms with E-state index in [-0.39, 0.29) is 23.9 Å². The second-order valence-corrected chi connectivity index (χ2v) is 5.55. The van der Waals surface area contributed by atoms with E-state index >= 15 is 0 Å². The smallest absolute Gasteiger partial charge is 0.246 e. The zero-order chi connectivity index (χ0) is 14.0. The molecule has 4 nitrogen and oxygen atoms in total. The Bertz CT molecular complexity index is 504. The average Bonchev–Trinajstić information content (AvgIpc) is 2.40. The van der Waals surface area contributed by atoms with E-state index in [2.05, 4.69) is 6.07 Å². The van der Waals surface area contributed by atoms with E-state index in [1.54, 1.807) is 4.90 Å². The van der Waals surface area contributed by atoms with Gasteiger partial charge in [0.1, 0.15) is 6.04 Å². The van der Waals surface area contributed by atoms with Crippen LogP contribution >= 0.6 is 0 Å². The maximum absolute atomic E-state index is 12.4. The molecule has 1 aliphatic heterocycles. The fraction of sp³-hybridized carbons (Fsp3) is 0.467. The Morgan fingerprint density at radius 3 is 2.58 bits per heavy atom. The Hall–Kier alpha value is -2.02. The molecule has 1 amide bonds. The minimum atomic E-state index is -0.384. The summed E-state index contributed by atoms with van der Waals surface area (Å²) < 4.78 is 0. The minimum absolute atomic E-state index is 0.0154. The van der Waals surface area contributed by atoms with Gasteiger partial charge < -0.3 is 9.80 Å². The molecule has 0 bridgehead atoms. The summed E-state index contributed by atoms with van der Waals surface area (Å²) in [4.78, 5) is 16.3. The number of benzene rings is 1. The van der Waals surface area contributed by atoms with E-state index in [1.807, 2.05) is 56.1 Å². The summed E-state index contributed by atoms with van der Waals surface area (Å²) in [5, 5.41) is 8.97. The second-order valence-electron chi connectivity index (χ2n) is 5.55. The second kappa shape index (κ2) is 4.93. The van der Waals surface area contributed by atoms with Gasteiger partial charge in [-0.2, -0.15) is 5.26 Å². The van der Waals surface area contributed by atoms with Crippen LogP contribution in [-0.4, -0.2) is 36.0 Å². The largest absolute Gasteiger partial charge is 0.356 e. The van der Waals surface area contributed by atoms with E-state index in [4.69, 9.17) is 5.26 Å². The third kappa shape index (κ3) is 2.41. The molecule has 0 N–H and O–H groups in total. The van der Waals surface area contributed by atoms with Gasteiger partial charge in [0.2, 0.25) is 5.91 Å². The van der Waals surface area contributed by atoms with E-state index in [9.17, 15) is 4.79 Å². The third-order valence-corrected chi connectivity index (χ3v) is 3.83. The molecule has 1 unspecified atom stereocenters. The summed E-state index contributed by atoms with van der Waals surface area (Å²) in [6.07, 6.45) is 0.216. The van der Waals surface area contributed by atoms with Crippen LogP contribution in [0.15, 0.2) is 30.3 Å². The Labute approximate surface area is 114 Å². The highest BCUT2D eigenvalue weighted by atomic mass is 16.2.